The van der Waals surface area contributed by atoms with E-state index in [0.29, 0.717) is 32.1 Å². The molecule has 0 aromatic carbocycles. The molecule has 10 N–H and O–H groups in total. The molecule has 0 amide bonds. The molecule has 3 aliphatic rings. The molecule has 25 nitrogen and oxygen atoms in total. The fourth-order valence-corrected chi connectivity index (χ4v) is 17.2. The van der Waals surface area contributed by atoms with Crippen molar-refractivity contribution >= 4 is 31.7 Å². The third kappa shape index (κ3) is 51.2. The van der Waals surface area contributed by atoms with Crippen LogP contribution in [0.3, 0.4) is 0 Å². The first-order valence-electron chi connectivity index (χ1n) is 48.3. The van der Waals surface area contributed by atoms with Crippen molar-refractivity contribution in [1.29, 1.82) is 0 Å². The summed E-state index contributed by atoms with van der Waals surface area (Å²) in [6, 6.07) is 0. The normalized spacial score (nSPS) is 24.9. The number of phosphoric acid groups is 1. The van der Waals surface area contributed by atoms with E-state index in [1.807, 2.05) is 0 Å². The molecule has 3 fully saturated rings. The number of unbranched alkanes of at least 4 members (excludes halogenated alkanes) is 55. The average molecular weight is 1710 g/mol. The number of hydrogen-bond acceptors (Lipinski definition) is 24. The summed E-state index contributed by atoms with van der Waals surface area (Å²) in [4.78, 5) is 66.5. The van der Waals surface area contributed by atoms with Gasteiger partial charge in [-0.2, -0.15) is 0 Å². The lowest BCUT2D eigenvalue weighted by molar-refractivity contribution is -0.360. The van der Waals surface area contributed by atoms with Crippen LogP contribution < -0.4 is 0 Å². The molecule has 118 heavy (non-hydrogen) atoms. The Kier molecular flexibility index (Phi) is 66.5. The first kappa shape index (κ1) is 110. The zero-order valence-electron chi connectivity index (χ0n) is 74.2. The standard InChI is InChI=1S/C92H173O25P/c1-5-9-13-17-21-25-29-33-36-39-43-47-51-55-59-63-67-78(97)114-87-83(102)84(103)88(115-91-85(104)81(100)79(98)73(68-93)112-91)90(89(87)116-92-86(105)82(101)80(99)74(113-92)71-109-76(95)65-61-57-53-49-45-42-38-35-31-27-23-19-15-11-7-3)117-118(106,107)110-70-72(111-77(96)66-62-58-54-50-46-40-32-28-24-20-16-12-8-4)69-108-75(94)64-60-56-52-48-44-41-37-34-30-26-22-18-14-10-6-2/h72-74,79-93,98-105H,5-71H2,1-4H3,(H,106,107). The highest BCUT2D eigenvalue weighted by Gasteiger charge is 2.60. The Morgan fingerprint density at radius 3 is 0.924 bits per heavy atom. The molecule has 26 heteroatoms. The van der Waals surface area contributed by atoms with Gasteiger partial charge in [-0.05, 0) is 25.7 Å². The van der Waals surface area contributed by atoms with Crippen LogP contribution in [0.2, 0.25) is 0 Å². The van der Waals surface area contributed by atoms with E-state index in [9.17, 15) is 74.6 Å². The average Bonchev–Trinajstić information content (AvgIpc) is 0.755. The quantitative estimate of drug-likeness (QED) is 0.0117. The lowest BCUT2D eigenvalue weighted by atomic mass is 9.84. The van der Waals surface area contributed by atoms with Gasteiger partial charge in [0.2, 0.25) is 0 Å². The van der Waals surface area contributed by atoms with E-state index < -0.39 is 162 Å². The van der Waals surface area contributed by atoms with Crippen molar-refractivity contribution in [3.05, 3.63) is 0 Å². The molecule has 18 atom stereocenters. The second-order valence-corrected chi connectivity index (χ2v) is 36.0. The number of ether oxygens (including phenoxy) is 8. The van der Waals surface area contributed by atoms with Gasteiger partial charge in [0.25, 0.3) is 0 Å². The van der Waals surface area contributed by atoms with Gasteiger partial charge in [-0.25, -0.2) is 4.57 Å². The van der Waals surface area contributed by atoms with Gasteiger partial charge >= 0.3 is 31.7 Å². The van der Waals surface area contributed by atoms with Gasteiger partial charge in [0, 0.05) is 25.7 Å². The zero-order valence-corrected chi connectivity index (χ0v) is 75.1. The number of rotatable bonds is 79. The molecule has 0 bridgehead atoms. The molecule has 696 valence electrons. The van der Waals surface area contributed by atoms with E-state index in [0.717, 1.165) is 128 Å². The van der Waals surface area contributed by atoms with Crippen LogP contribution in [0.25, 0.3) is 0 Å². The fraction of sp³-hybridized carbons (Fsp3) is 0.957. The summed E-state index contributed by atoms with van der Waals surface area (Å²) < 4.78 is 73.5. The van der Waals surface area contributed by atoms with Gasteiger partial charge in [0.05, 0.1) is 13.2 Å². The maximum absolute atomic E-state index is 14.9. The minimum atomic E-state index is -5.80. The molecule has 2 aliphatic heterocycles. The predicted molar refractivity (Wildman–Crippen MR) is 458 cm³/mol. The molecule has 0 spiro atoms. The Labute approximate surface area is 712 Å². The number of aliphatic hydroxyl groups excluding tert-OH is 9. The second kappa shape index (κ2) is 71.6. The minimum absolute atomic E-state index is 0.0204. The molecule has 0 aromatic heterocycles. The summed E-state index contributed by atoms with van der Waals surface area (Å²) in [5, 5.41) is 102. The van der Waals surface area contributed by atoms with Crippen molar-refractivity contribution in [2.45, 2.75) is 536 Å². The maximum Gasteiger partial charge on any atom is 0.472 e. The molecule has 0 radical (unpaired) electrons. The number of esters is 4. The van der Waals surface area contributed by atoms with Crippen LogP contribution in [0.4, 0.5) is 0 Å². The first-order valence-corrected chi connectivity index (χ1v) is 49.8. The van der Waals surface area contributed by atoms with Crippen molar-refractivity contribution in [1.82, 2.24) is 0 Å². The Balaban J connectivity index is 1.90. The molecule has 3 rings (SSSR count). The van der Waals surface area contributed by atoms with Crippen LogP contribution in [-0.4, -0.2) is 205 Å². The summed E-state index contributed by atoms with van der Waals surface area (Å²) in [6.07, 6.45) is 29.3. The smallest absolute Gasteiger partial charge is 0.463 e. The summed E-state index contributed by atoms with van der Waals surface area (Å²) >= 11 is 0. The van der Waals surface area contributed by atoms with E-state index in [1.165, 1.54) is 218 Å². The van der Waals surface area contributed by atoms with E-state index in [1.54, 1.807) is 0 Å². The van der Waals surface area contributed by atoms with Crippen LogP contribution >= 0.6 is 7.82 Å². The lowest BCUT2D eigenvalue weighted by Gasteiger charge is -2.50. The highest BCUT2D eigenvalue weighted by atomic mass is 31.2. The largest absolute Gasteiger partial charge is 0.472 e. The van der Waals surface area contributed by atoms with E-state index in [2.05, 4.69) is 27.7 Å². The number of carbonyl (C=O) groups is 4. The SMILES string of the molecule is CCCCCCCCCCCCCCCCCCC(=O)OC1C(O)C(O)C(OC2OC(CO)C(O)C(O)C2O)C(OP(=O)(O)OCC(COC(=O)CCCCCCCCCCCCCCCCC)OC(=O)CCCCCCCCCCCCCCC)C1OC1OC(COC(=O)CCCCCCCCCCCCCCCCC)C(O)C(O)C1O. The van der Waals surface area contributed by atoms with Gasteiger partial charge in [-0.1, -0.05) is 381 Å². The van der Waals surface area contributed by atoms with Crippen LogP contribution in [0.5, 0.6) is 0 Å². The van der Waals surface area contributed by atoms with E-state index in [4.69, 9.17) is 46.9 Å². The predicted octanol–water partition coefficient (Wildman–Crippen LogP) is 18.2. The lowest BCUT2D eigenvalue weighted by Crippen LogP contribution is -2.70. The molecule has 2 heterocycles. The fourth-order valence-electron chi connectivity index (χ4n) is 16.2. The van der Waals surface area contributed by atoms with Crippen molar-refractivity contribution in [3.63, 3.8) is 0 Å². The molecular formula is C92H173O25P. The Hall–Kier alpha value is -2.53. The Bertz CT molecular complexity index is 2450. The van der Waals surface area contributed by atoms with E-state index >= 15 is 0 Å². The van der Waals surface area contributed by atoms with Crippen molar-refractivity contribution in [2.24, 2.45) is 0 Å². The number of hydrogen-bond donors (Lipinski definition) is 10. The monoisotopic (exact) mass is 1710 g/mol. The molecule has 1 aliphatic carbocycles. The van der Waals surface area contributed by atoms with E-state index in [-0.39, 0.29) is 25.7 Å². The van der Waals surface area contributed by atoms with Crippen LogP contribution in [-0.2, 0) is 70.7 Å². The van der Waals surface area contributed by atoms with Crippen LogP contribution in [0, 0.1) is 0 Å². The molecule has 18 unspecified atom stereocenters. The van der Waals surface area contributed by atoms with Gasteiger partial charge in [0.1, 0.15) is 92.6 Å². The maximum atomic E-state index is 14.9. The summed E-state index contributed by atoms with van der Waals surface area (Å²) in [5.41, 5.74) is 0. The highest BCUT2D eigenvalue weighted by molar-refractivity contribution is 7.47. The van der Waals surface area contributed by atoms with Crippen molar-refractivity contribution in [3.8, 4) is 0 Å². The zero-order chi connectivity index (χ0) is 86.1. The summed E-state index contributed by atoms with van der Waals surface area (Å²) in [6.45, 7) is 5.65. The minimum Gasteiger partial charge on any atom is -0.463 e. The molecule has 2 saturated heterocycles. The van der Waals surface area contributed by atoms with Gasteiger partial charge in [-0.3, -0.25) is 28.2 Å². The Morgan fingerprint density at radius 2 is 0.585 bits per heavy atom. The highest BCUT2D eigenvalue weighted by Crippen LogP contribution is 2.49. The molecule has 0 aromatic rings. The first-order chi connectivity index (χ1) is 57.2. The third-order valence-corrected chi connectivity index (χ3v) is 24.8. The number of aliphatic hydroxyl groups is 9. The van der Waals surface area contributed by atoms with Crippen molar-refractivity contribution in [2.75, 3.05) is 26.4 Å². The topological polar surface area (TPSA) is 380 Å². The van der Waals surface area contributed by atoms with Crippen molar-refractivity contribution < 1.29 is 122 Å². The van der Waals surface area contributed by atoms with Crippen LogP contribution in [0.1, 0.15) is 432 Å². The van der Waals surface area contributed by atoms with Gasteiger partial charge < -0.3 is 88.7 Å². The molecular weight excluding hydrogens is 1540 g/mol. The number of carbonyl (C=O) groups excluding carboxylic acids is 4. The third-order valence-electron chi connectivity index (χ3n) is 23.9. The Morgan fingerprint density at radius 1 is 0.305 bits per heavy atom. The summed E-state index contributed by atoms with van der Waals surface area (Å²) in [5.74, 6) is -2.94. The second-order valence-electron chi connectivity index (χ2n) is 34.6. The van der Waals surface area contributed by atoms with Gasteiger partial charge in [-0.15, -0.1) is 0 Å². The van der Waals surface area contributed by atoms with Crippen LogP contribution in [0.15, 0.2) is 0 Å². The van der Waals surface area contributed by atoms with Gasteiger partial charge in [0.15, 0.2) is 24.8 Å². The number of phosphoric ester groups is 1. The molecule has 1 saturated carbocycles. The summed E-state index contributed by atoms with van der Waals surface area (Å²) in [7, 11) is -5.80.